The first-order valence-corrected chi connectivity index (χ1v) is 15.4. The fourth-order valence-corrected chi connectivity index (χ4v) is 7.48. The Morgan fingerprint density at radius 3 is 2.64 bits per heavy atom. The van der Waals surface area contributed by atoms with E-state index in [2.05, 4.69) is 0 Å². The lowest BCUT2D eigenvalue weighted by atomic mass is 9.51. The molecule has 44 heavy (non-hydrogen) atoms. The highest BCUT2D eigenvalue weighted by atomic mass is 16.6. The van der Waals surface area contributed by atoms with Crippen LogP contribution in [0.3, 0.4) is 0 Å². The number of carbonyl (C=O) groups excluding carboxylic acids is 3. The van der Waals surface area contributed by atoms with Crippen molar-refractivity contribution in [1.29, 1.82) is 0 Å². The number of carbonyl (C=O) groups is 3. The summed E-state index contributed by atoms with van der Waals surface area (Å²) in [6, 6.07) is 0. The summed E-state index contributed by atoms with van der Waals surface area (Å²) < 4.78 is 36.5. The molecule has 2 aliphatic carbocycles. The Morgan fingerprint density at radius 2 is 1.95 bits per heavy atom. The third-order valence-corrected chi connectivity index (χ3v) is 10.4. The molecule has 2 saturated heterocycles. The number of allylic oxidation sites excluding steroid dienone is 3. The summed E-state index contributed by atoms with van der Waals surface area (Å²) in [4.78, 5) is 39.1. The lowest BCUT2D eigenvalue weighted by molar-refractivity contribution is -0.242. The molecule has 11 nitrogen and oxygen atoms in total. The number of cyclic esters (lactones) is 1. The third-order valence-electron chi connectivity index (χ3n) is 10.4. The zero-order chi connectivity index (χ0) is 31.9. The van der Waals surface area contributed by atoms with E-state index in [1.165, 1.54) is 18.2 Å². The van der Waals surface area contributed by atoms with Gasteiger partial charge in [-0.05, 0) is 38.7 Å². The zero-order valence-corrected chi connectivity index (χ0v) is 26.0. The minimum atomic E-state index is -1.44. The molecule has 2 bridgehead atoms. The number of aliphatic hydroxyl groups is 2. The van der Waals surface area contributed by atoms with Crippen molar-refractivity contribution in [1.82, 2.24) is 0 Å². The molecule has 11 unspecified atom stereocenters. The van der Waals surface area contributed by atoms with Crippen LogP contribution in [0.4, 0.5) is 0 Å². The van der Waals surface area contributed by atoms with Crippen LogP contribution < -0.4 is 0 Å². The van der Waals surface area contributed by atoms with Gasteiger partial charge in [-0.2, -0.15) is 0 Å². The molecule has 242 valence electrons. The summed E-state index contributed by atoms with van der Waals surface area (Å²) in [6.07, 6.45) is 6.62. The Bertz CT molecular complexity index is 1250. The quantitative estimate of drug-likeness (QED) is 0.158. The van der Waals surface area contributed by atoms with Crippen molar-refractivity contribution >= 4 is 17.9 Å². The van der Waals surface area contributed by atoms with Gasteiger partial charge in [0, 0.05) is 31.6 Å². The van der Waals surface area contributed by atoms with Crippen molar-refractivity contribution in [3.63, 3.8) is 0 Å². The van der Waals surface area contributed by atoms with Crippen LogP contribution in [0.15, 0.2) is 48.1 Å². The maximum atomic E-state index is 13.3. The van der Waals surface area contributed by atoms with Gasteiger partial charge in [-0.15, -0.1) is 0 Å². The first-order chi connectivity index (χ1) is 20.9. The van der Waals surface area contributed by atoms with Crippen molar-refractivity contribution in [3.8, 4) is 0 Å². The van der Waals surface area contributed by atoms with Crippen LogP contribution in [0.5, 0.6) is 0 Å². The number of ether oxygens (including phenoxy) is 6. The van der Waals surface area contributed by atoms with E-state index >= 15 is 0 Å². The van der Waals surface area contributed by atoms with Gasteiger partial charge in [0.25, 0.3) is 0 Å². The van der Waals surface area contributed by atoms with Crippen molar-refractivity contribution in [2.24, 2.45) is 16.7 Å². The van der Waals surface area contributed by atoms with Crippen LogP contribution in [0.25, 0.3) is 0 Å². The molecule has 0 aromatic carbocycles. The first kappa shape index (κ1) is 32.6. The van der Waals surface area contributed by atoms with Crippen LogP contribution in [0, 0.1) is 16.7 Å². The molecule has 3 fully saturated rings. The second kappa shape index (κ2) is 12.5. The summed E-state index contributed by atoms with van der Waals surface area (Å²) in [5, 5.41) is 21.0. The monoisotopic (exact) mass is 616 g/mol. The number of hydrogen-bond acceptors (Lipinski definition) is 11. The molecule has 0 radical (unpaired) electrons. The summed E-state index contributed by atoms with van der Waals surface area (Å²) in [5.74, 6) is -2.40. The number of esters is 3. The standard InChI is InChI=1S/C33H44O11/c1-6-9-27(35)42-23-16-32-17-40-30(38)29(37)19(2)12-13-39-22(21(4)34)10-7-8-11-28(36)44-24-15-26(43-25(32)14-20(23)3)33(18-41-33)31(24,32)5/h6-11,14,19,21-26,29,34,37H,12-13,15-18H2,1-5H3. The summed E-state index contributed by atoms with van der Waals surface area (Å²) >= 11 is 0. The zero-order valence-electron chi connectivity index (χ0n) is 26.0. The molecule has 0 aromatic rings. The molecule has 2 spiro atoms. The van der Waals surface area contributed by atoms with Crippen LogP contribution in [0.2, 0.25) is 0 Å². The smallest absolute Gasteiger partial charge is 0.335 e. The third kappa shape index (κ3) is 5.58. The molecular formula is C33H44O11. The van der Waals surface area contributed by atoms with Gasteiger partial charge in [0.15, 0.2) is 6.10 Å². The van der Waals surface area contributed by atoms with Gasteiger partial charge in [0.05, 0.1) is 35.7 Å². The molecule has 3 aliphatic heterocycles. The molecule has 1 saturated carbocycles. The molecule has 11 atom stereocenters. The van der Waals surface area contributed by atoms with Gasteiger partial charge in [0.2, 0.25) is 0 Å². The molecule has 2 N–H and O–H groups in total. The fourth-order valence-electron chi connectivity index (χ4n) is 7.48. The SMILES string of the molecule is CC=CC(=O)OC1CC23COC(=O)C(O)C(C)CCOC(C(C)O)C=CC=CC(=O)OC4CC(OC2C=C1C)C1(CO1)C43C. The van der Waals surface area contributed by atoms with Crippen molar-refractivity contribution in [2.45, 2.75) is 102 Å². The normalized spacial score (nSPS) is 43.3. The van der Waals surface area contributed by atoms with Crippen molar-refractivity contribution < 1.29 is 53.0 Å². The molecule has 0 aromatic heterocycles. The summed E-state index contributed by atoms with van der Waals surface area (Å²) in [5.41, 5.74) is -1.95. The average Bonchev–Trinajstić information content (AvgIpc) is 3.75. The lowest BCUT2D eigenvalue weighted by Crippen LogP contribution is -2.68. The maximum Gasteiger partial charge on any atom is 0.335 e. The van der Waals surface area contributed by atoms with E-state index in [-0.39, 0.29) is 25.7 Å². The van der Waals surface area contributed by atoms with E-state index < -0.39 is 76.9 Å². The van der Waals surface area contributed by atoms with Gasteiger partial charge < -0.3 is 38.6 Å². The first-order valence-electron chi connectivity index (χ1n) is 15.4. The highest BCUT2D eigenvalue weighted by Crippen LogP contribution is 2.72. The van der Waals surface area contributed by atoms with E-state index in [0.717, 1.165) is 5.57 Å². The van der Waals surface area contributed by atoms with Gasteiger partial charge in [0.1, 0.15) is 30.5 Å². The van der Waals surface area contributed by atoms with E-state index in [4.69, 9.17) is 28.4 Å². The van der Waals surface area contributed by atoms with Gasteiger partial charge in [-0.1, -0.05) is 44.2 Å². The number of hydrogen-bond donors (Lipinski definition) is 2. The number of aliphatic hydroxyl groups excluding tert-OH is 2. The Morgan fingerprint density at radius 1 is 1.20 bits per heavy atom. The Hall–Kier alpha value is -2.83. The Kier molecular flexibility index (Phi) is 9.26. The highest BCUT2D eigenvalue weighted by molar-refractivity contribution is 5.83. The lowest BCUT2D eigenvalue weighted by Gasteiger charge is -2.59. The summed E-state index contributed by atoms with van der Waals surface area (Å²) in [7, 11) is 0. The minimum Gasteiger partial charge on any atom is -0.463 e. The predicted octanol–water partition coefficient (Wildman–Crippen LogP) is 2.49. The van der Waals surface area contributed by atoms with Crippen LogP contribution in [0.1, 0.15) is 53.9 Å². The Balaban J connectivity index is 1.55. The van der Waals surface area contributed by atoms with Gasteiger partial charge in [-0.3, -0.25) is 0 Å². The van der Waals surface area contributed by atoms with E-state index in [9.17, 15) is 24.6 Å². The van der Waals surface area contributed by atoms with Crippen LogP contribution in [-0.2, 0) is 42.8 Å². The second-order valence-electron chi connectivity index (χ2n) is 12.9. The van der Waals surface area contributed by atoms with Crippen molar-refractivity contribution in [3.05, 3.63) is 48.1 Å². The van der Waals surface area contributed by atoms with E-state index in [1.54, 1.807) is 39.0 Å². The molecule has 5 rings (SSSR count). The van der Waals surface area contributed by atoms with E-state index in [0.29, 0.717) is 19.4 Å². The number of epoxide rings is 1. The molecule has 0 amide bonds. The topological polar surface area (TPSA) is 150 Å². The van der Waals surface area contributed by atoms with Gasteiger partial charge in [-0.25, -0.2) is 14.4 Å². The summed E-state index contributed by atoms with van der Waals surface area (Å²) in [6.45, 7) is 9.23. The molecular weight excluding hydrogens is 572 g/mol. The minimum absolute atomic E-state index is 0.168. The highest BCUT2D eigenvalue weighted by Gasteiger charge is 2.83. The largest absolute Gasteiger partial charge is 0.463 e. The number of rotatable bonds is 3. The maximum absolute atomic E-state index is 13.3. The molecule has 3 heterocycles. The van der Waals surface area contributed by atoms with E-state index in [1.807, 2.05) is 19.9 Å². The fraction of sp³-hybridized carbons (Fsp3) is 0.667. The molecule has 11 heteroatoms. The van der Waals surface area contributed by atoms with Crippen LogP contribution in [-0.4, -0.2) is 96.3 Å². The van der Waals surface area contributed by atoms with Crippen LogP contribution >= 0.6 is 0 Å². The molecule has 5 aliphatic rings. The average molecular weight is 617 g/mol. The Labute approximate surface area is 257 Å². The predicted molar refractivity (Wildman–Crippen MR) is 156 cm³/mol. The van der Waals surface area contributed by atoms with Gasteiger partial charge >= 0.3 is 17.9 Å². The second-order valence-corrected chi connectivity index (χ2v) is 12.9. The van der Waals surface area contributed by atoms with Crippen molar-refractivity contribution in [2.75, 3.05) is 19.8 Å².